The van der Waals surface area contributed by atoms with Gasteiger partial charge in [-0.3, -0.25) is 4.79 Å². The second-order valence-corrected chi connectivity index (χ2v) is 9.37. The van der Waals surface area contributed by atoms with E-state index < -0.39 is 15.9 Å². The first-order valence-corrected chi connectivity index (χ1v) is 11.4. The Morgan fingerprint density at radius 2 is 1.83 bits per heavy atom. The van der Waals surface area contributed by atoms with E-state index in [1.165, 1.54) is 4.31 Å². The van der Waals surface area contributed by atoms with Crippen LogP contribution in [0.3, 0.4) is 0 Å². The maximum Gasteiger partial charge on any atom is 0.243 e. The first-order valence-electron chi connectivity index (χ1n) is 9.91. The van der Waals surface area contributed by atoms with Crippen molar-refractivity contribution in [2.45, 2.75) is 17.7 Å². The number of amides is 1. The van der Waals surface area contributed by atoms with Gasteiger partial charge in [-0.25, -0.2) is 8.42 Å². The molecule has 0 bridgehead atoms. The van der Waals surface area contributed by atoms with Crippen molar-refractivity contribution in [2.24, 2.45) is 5.92 Å². The summed E-state index contributed by atoms with van der Waals surface area (Å²) in [6.45, 7) is 0.586. The van der Waals surface area contributed by atoms with E-state index in [-0.39, 0.29) is 17.3 Å². The molecule has 1 N–H and O–H groups in total. The van der Waals surface area contributed by atoms with Gasteiger partial charge in [-0.05, 0) is 47.9 Å². The molecule has 7 heteroatoms. The molecule has 30 heavy (non-hydrogen) atoms. The van der Waals surface area contributed by atoms with Gasteiger partial charge in [0.1, 0.15) is 5.75 Å². The summed E-state index contributed by atoms with van der Waals surface area (Å²) in [5.41, 5.74) is 0.633. The lowest BCUT2D eigenvalue weighted by atomic mass is 9.98. The summed E-state index contributed by atoms with van der Waals surface area (Å²) in [6.07, 6.45) is 1.29. The molecular formula is C23H24N2O4S. The van der Waals surface area contributed by atoms with Crippen LogP contribution in [0.2, 0.25) is 0 Å². The molecule has 0 aliphatic carbocycles. The van der Waals surface area contributed by atoms with Gasteiger partial charge in [-0.15, -0.1) is 0 Å². The number of benzene rings is 3. The highest BCUT2D eigenvalue weighted by Gasteiger charge is 2.33. The van der Waals surface area contributed by atoms with E-state index in [1.54, 1.807) is 43.5 Å². The van der Waals surface area contributed by atoms with Crippen molar-refractivity contribution in [1.82, 2.24) is 4.31 Å². The summed E-state index contributed by atoms with van der Waals surface area (Å²) in [7, 11) is -2.10. The number of methoxy groups -OCH3 is 1. The maximum absolute atomic E-state index is 13.2. The summed E-state index contributed by atoms with van der Waals surface area (Å²) in [5, 5.41) is 4.75. The zero-order valence-electron chi connectivity index (χ0n) is 16.7. The largest absolute Gasteiger partial charge is 0.497 e. The first-order chi connectivity index (χ1) is 14.5. The number of piperidine rings is 1. The van der Waals surface area contributed by atoms with Crippen LogP contribution in [0.1, 0.15) is 12.8 Å². The zero-order chi connectivity index (χ0) is 21.1. The topological polar surface area (TPSA) is 75.7 Å². The predicted octanol–water partition coefficient (Wildman–Crippen LogP) is 3.89. The third-order valence-electron chi connectivity index (χ3n) is 5.45. The fourth-order valence-electron chi connectivity index (χ4n) is 3.80. The summed E-state index contributed by atoms with van der Waals surface area (Å²) in [4.78, 5) is 13.0. The molecule has 1 saturated heterocycles. The van der Waals surface area contributed by atoms with E-state index in [1.807, 2.05) is 30.3 Å². The van der Waals surface area contributed by atoms with Crippen LogP contribution in [-0.2, 0) is 14.8 Å². The molecule has 3 aromatic rings. The van der Waals surface area contributed by atoms with Gasteiger partial charge in [0.15, 0.2) is 0 Å². The normalized spacial score (nSPS) is 17.6. The third-order valence-corrected chi connectivity index (χ3v) is 7.31. The van der Waals surface area contributed by atoms with Crippen LogP contribution in [0.4, 0.5) is 5.69 Å². The number of fused-ring (bicyclic) bond motifs is 1. The van der Waals surface area contributed by atoms with Gasteiger partial charge in [0.2, 0.25) is 15.9 Å². The van der Waals surface area contributed by atoms with Gasteiger partial charge >= 0.3 is 0 Å². The first kappa shape index (κ1) is 20.4. The van der Waals surface area contributed by atoms with E-state index in [9.17, 15) is 13.2 Å². The number of sulfonamides is 1. The van der Waals surface area contributed by atoms with Crippen molar-refractivity contribution in [3.05, 3.63) is 66.7 Å². The van der Waals surface area contributed by atoms with E-state index in [4.69, 9.17) is 4.74 Å². The van der Waals surface area contributed by atoms with Crippen LogP contribution >= 0.6 is 0 Å². The molecule has 1 amide bonds. The molecular weight excluding hydrogens is 400 g/mol. The highest BCUT2D eigenvalue weighted by molar-refractivity contribution is 7.89. The Bertz CT molecular complexity index is 1180. The SMILES string of the molecule is COc1cccc(NC(=O)[C@H]2CCCN(S(=O)(=O)c3ccc4ccccc4c3)C2)c1. The third kappa shape index (κ3) is 4.17. The van der Waals surface area contributed by atoms with E-state index >= 15 is 0 Å². The van der Waals surface area contributed by atoms with Crippen LogP contribution in [0.25, 0.3) is 10.8 Å². The molecule has 0 spiro atoms. The van der Waals surface area contributed by atoms with E-state index in [2.05, 4.69) is 5.32 Å². The Balaban J connectivity index is 1.51. The van der Waals surface area contributed by atoms with Gasteiger partial charge in [0, 0.05) is 24.8 Å². The van der Waals surface area contributed by atoms with Gasteiger partial charge in [0.25, 0.3) is 0 Å². The van der Waals surface area contributed by atoms with E-state index in [0.717, 1.165) is 10.8 Å². The molecule has 4 rings (SSSR count). The molecule has 1 heterocycles. The minimum absolute atomic E-state index is 0.172. The quantitative estimate of drug-likeness (QED) is 0.674. The molecule has 1 aliphatic rings. The van der Waals surface area contributed by atoms with Crippen molar-refractivity contribution >= 4 is 32.4 Å². The minimum Gasteiger partial charge on any atom is -0.497 e. The standard InChI is InChI=1S/C23H24N2O4S/c1-29-21-10-4-9-20(15-21)24-23(26)19-8-5-13-25(16-19)30(27,28)22-12-11-17-6-2-3-7-18(17)14-22/h2-4,6-7,9-12,14-15,19H,5,8,13,16H2,1H3,(H,24,26)/t19-/m0/s1. The number of carbonyl (C=O) groups excluding carboxylic acids is 1. The lowest BCUT2D eigenvalue weighted by Crippen LogP contribution is -2.43. The summed E-state index contributed by atoms with van der Waals surface area (Å²) < 4.78 is 33.0. The highest BCUT2D eigenvalue weighted by Crippen LogP contribution is 2.27. The zero-order valence-corrected chi connectivity index (χ0v) is 17.6. The number of hydrogen-bond donors (Lipinski definition) is 1. The fraction of sp³-hybridized carbons (Fsp3) is 0.261. The van der Waals surface area contributed by atoms with Crippen LogP contribution in [0, 0.1) is 5.92 Å². The summed E-state index contributed by atoms with van der Waals surface area (Å²) in [6, 6.07) is 19.9. The smallest absolute Gasteiger partial charge is 0.243 e. The number of hydrogen-bond acceptors (Lipinski definition) is 4. The fourth-order valence-corrected chi connectivity index (χ4v) is 5.36. The molecule has 6 nitrogen and oxygen atoms in total. The molecule has 0 radical (unpaired) electrons. The van der Waals surface area contributed by atoms with Crippen LogP contribution in [0.5, 0.6) is 5.75 Å². The Morgan fingerprint density at radius 1 is 1.03 bits per heavy atom. The maximum atomic E-state index is 13.2. The Labute approximate surface area is 176 Å². The van der Waals surface area contributed by atoms with Crippen molar-refractivity contribution in [3.63, 3.8) is 0 Å². The van der Waals surface area contributed by atoms with Gasteiger partial charge in [-0.2, -0.15) is 4.31 Å². The van der Waals surface area contributed by atoms with Gasteiger partial charge in [-0.1, -0.05) is 36.4 Å². The van der Waals surface area contributed by atoms with Gasteiger partial charge < -0.3 is 10.1 Å². The number of nitrogens with one attached hydrogen (secondary N) is 1. The average Bonchev–Trinajstić information content (AvgIpc) is 2.79. The molecule has 156 valence electrons. The van der Waals surface area contributed by atoms with Crippen molar-refractivity contribution < 1.29 is 17.9 Å². The van der Waals surface area contributed by atoms with E-state index in [0.29, 0.717) is 30.8 Å². The summed E-state index contributed by atoms with van der Waals surface area (Å²) in [5.74, 6) is 0.0683. The van der Waals surface area contributed by atoms with Crippen LogP contribution < -0.4 is 10.1 Å². The lowest BCUT2D eigenvalue weighted by Gasteiger charge is -2.31. The Morgan fingerprint density at radius 3 is 2.63 bits per heavy atom. The number of ether oxygens (including phenoxy) is 1. The van der Waals surface area contributed by atoms with Crippen LogP contribution in [-0.4, -0.2) is 38.8 Å². The predicted molar refractivity (Wildman–Crippen MR) is 117 cm³/mol. The summed E-state index contributed by atoms with van der Waals surface area (Å²) >= 11 is 0. The minimum atomic E-state index is -3.67. The monoisotopic (exact) mass is 424 g/mol. The Hall–Kier alpha value is -2.90. The second kappa shape index (κ2) is 8.45. The molecule has 1 aliphatic heterocycles. The number of anilines is 1. The van der Waals surface area contributed by atoms with Crippen molar-refractivity contribution in [1.29, 1.82) is 0 Å². The molecule has 1 atom stereocenters. The van der Waals surface area contributed by atoms with Crippen molar-refractivity contribution in [2.75, 3.05) is 25.5 Å². The van der Waals surface area contributed by atoms with Crippen molar-refractivity contribution in [3.8, 4) is 5.75 Å². The lowest BCUT2D eigenvalue weighted by molar-refractivity contribution is -0.120. The molecule has 0 unspecified atom stereocenters. The highest BCUT2D eigenvalue weighted by atomic mass is 32.2. The number of rotatable bonds is 5. The number of nitrogens with zero attached hydrogens (tertiary/aromatic N) is 1. The molecule has 0 saturated carbocycles. The second-order valence-electron chi connectivity index (χ2n) is 7.43. The molecule has 0 aromatic heterocycles. The molecule has 1 fully saturated rings. The number of carbonyl (C=O) groups is 1. The van der Waals surface area contributed by atoms with Gasteiger partial charge in [0.05, 0.1) is 17.9 Å². The Kier molecular flexibility index (Phi) is 5.74. The average molecular weight is 425 g/mol. The van der Waals surface area contributed by atoms with Crippen LogP contribution in [0.15, 0.2) is 71.6 Å². The molecule has 3 aromatic carbocycles.